The fourth-order valence-electron chi connectivity index (χ4n) is 2.90. The van der Waals surface area contributed by atoms with Gasteiger partial charge in [0, 0.05) is 36.7 Å². The minimum absolute atomic E-state index is 0.00965. The van der Waals surface area contributed by atoms with Crippen LogP contribution >= 0.6 is 11.3 Å². The first-order chi connectivity index (χ1) is 11.6. The molecule has 1 N–H and O–H groups in total. The van der Waals surface area contributed by atoms with Gasteiger partial charge in [-0.05, 0) is 32.4 Å². The van der Waals surface area contributed by atoms with Crippen LogP contribution in [0.4, 0.5) is 10.5 Å². The number of aromatic nitrogens is 1. The van der Waals surface area contributed by atoms with E-state index in [1.165, 1.54) is 10.6 Å². The molecule has 2 amide bonds. The van der Waals surface area contributed by atoms with E-state index < -0.39 is 0 Å². The summed E-state index contributed by atoms with van der Waals surface area (Å²) in [6, 6.07) is 10.4. The largest absolute Gasteiger partial charge is 0.370 e. The molecule has 0 radical (unpaired) electrons. The molecular weight excluding hydrogens is 320 g/mol. The first kappa shape index (κ1) is 16.8. The second-order valence-electron chi connectivity index (χ2n) is 6.07. The summed E-state index contributed by atoms with van der Waals surface area (Å²) in [5.74, 6) is 0. The molecule has 1 aromatic heterocycles. The molecule has 24 heavy (non-hydrogen) atoms. The lowest BCUT2D eigenvalue weighted by atomic mass is 10.3. The number of anilines is 1. The number of carbonyl (C=O) groups excluding carboxylic acids is 1. The molecule has 1 aliphatic rings. The van der Waals surface area contributed by atoms with E-state index in [2.05, 4.69) is 46.4 Å². The lowest BCUT2D eigenvalue weighted by Crippen LogP contribution is -2.41. The molecule has 1 saturated heterocycles. The highest BCUT2D eigenvalue weighted by Gasteiger charge is 2.19. The minimum Gasteiger partial charge on any atom is -0.370 e. The first-order valence-electron chi connectivity index (χ1n) is 8.39. The van der Waals surface area contributed by atoms with Crippen LogP contribution in [0.25, 0.3) is 0 Å². The molecule has 6 heteroatoms. The Morgan fingerprint density at radius 1 is 1.17 bits per heavy atom. The average molecular weight is 344 g/mol. The maximum atomic E-state index is 12.4. The van der Waals surface area contributed by atoms with Gasteiger partial charge in [-0.2, -0.15) is 0 Å². The molecule has 0 unspecified atom stereocenters. The van der Waals surface area contributed by atoms with Gasteiger partial charge in [0.05, 0.1) is 12.2 Å². The smallest absolute Gasteiger partial charge is 0.317 e. The summed E-state index contributed by atoms with van der Waals surface area (Å²) in [6.45, 7) is 7.97. The summed E-state index contributed by atoms with van der Waals surface area (Å²) < 4.78 is 0. The van der Waals surface area contributed by atoms with Crippen LogP contribution in [0.15, 0.2) is 30.3 Å². The van der Waals surface area contributed by atoms with Gasteiger partial charge >= 0.3 is 6.03 Å². The second kappa shape index (κ2) is 7.66. The highest BCUT2D eigenvalue weighted by Crippen LogP contribution is 2.17. The van der Waals surface area contributed by atoms with Gasteiger partial charge < -0.3 is 15.1 Å². The Kier molecular flexibility index (Phi) is 5.35. The molecule has 1 fully saturated rings. The molecule has 0 bridgehead atoms. The van der Waals surface area contributed by atoms with E-state index in [0.29, 0.717) is 6.54 Å². The molecule has 1 aromatic carbocycles. The molecule has 128 valence electrons. The number of para-hydroxylation sites is 1. The molecule has 0 saturated carbocycles. The molecule has 1 aliphatic heterocycles. The van der Waals surface area contributed by atoms with Crippen LogP contribution in [0.1, 0.15) is 22.0 Å². The van der Waals surface area contributed by atoms with Crippen LogP contribution in [-0.2, 0) is 6.54 Å². The molecule has 2 heterocycles. The summed E-state index contributed by atoms with van der Waals surface area (Å²) >= 11 is 1.65. The second-order valence-corrected chi connectivity index (χ2v) is 7.36. The fourth-order valence-corrected chi connectivity index (χ4v) is 3.77. The van der Waals surface area contributed by atoms with Gasteiger partial charge in [-0.1, -0.05) is 18.2 Å². The van der Waals surface area contributed by atoms with Gasteiger partial charge in [0.25, 0.3) is 0 Å². The van der Waals surface area contributed by atoms with Crippen molar-refractivity contribution in [3.63, 3.8) is 0 Å². The quantitative estimate of drug-likeness (QED) is 0.930. The first-order valence-corrected chi connectivity index (χ1v) is 9.21. The fraction of sp³-hybridized carbons (Fsp3) is 0.444. The van der Waals surface area contributed by atoms with Crippen molar-refractivity contribution in [1.82, 2.24) is 15.2 Å². The third-order valence-corrected chi connectivity index (χ3v) is 5.44. The summed E-state index contributed by atoms with van der Waals surface area (Å²) in [5.41, 5.74) is 2.28. The summed E-state index contributed by atoms with van der Waals surface area (Å²) in [7, 11) is 0. The van der Waals surface area contributed by atoms with Crippen LogP contribution < -0.4 is 10.2 Å². The van der Waals surface area contributed by atoms with Gasteiger partial charge in [0.1, 0.15) is 5.01 Å². The van der Waals surface area contributed by atoms with Crippen LogP contribution in [0.2, 0.25) is 0 Å². The number of rotatable bonds is 3. The van der Waals surface area contributed by atoms with Gasteiger partial charge in [0.2, 0.25) is 0 Å². The van der Waals surface area contributed by atoms with E-state index in [4.69, 9.17) is 0 Å². The number of aryl methyl sites for hydroxylation is 2. The molecular formula is C18H24N4OS. The van der Waals surface area contributed by atoms with E-state index in [1.807, 2.05) is 17.9 Å². The number of amides is 2. The van der Waals surface area contributed by atoms with Gasteiger partial charge in [-0.15, -0.1) is 11.3 Å². The van der Waals surface area contributed by atoms with Gasteiger partial charge in [-0.3, -0.25) is 0 Å². The molecule has 3 rings (SSSR count). The number of nitrogens with zero attached hydrogens (tertiary/aromatic N) is 3. The highest BCUT2D eigenvalue weighted by atomic mass is 32.1. The average Bonchev–Trinajstić information content (AvgIpc) is 2.80. The van der Waals surface area contributed by atoms with Crippen molar-refractivity contribution in [3.8, 4) is 0 Å². The van der Waals surface area contributed by atoms with E-state index in [0.717, 1.165) is 43.3 Å². The van der Waals surface area contributed by atoms with Crippen molar-refractivity contribution in [1.29, 1.82) is 0 Å². The maximum Gasteiger partial charge on any atom is 0.317 e. The standard InChI is InChI=1S/C18H24N4OS/c1-14-15(2)24-17(20-14)13-19-18(23)22-10-6-9-21(11-12-22)16-7-4-3-5-8-16/h3-5,7-8H,6,9-13H2,1-2H3,(H,19,23). The van der Waals surface area contributed by atoms with Crippen molar-refractivity contribution in [3.05, 3.63) is 45.9 Å². The Hall–Kier alpha value is -2.08. The normalized spacial score (nSPS) is 15.2. The number of urea groups is 1. The molecule has 0 atom stereocenters. The van der Waals surface area contributed by atoms with E-state index in [9.17, 15) is 4.79 Å². The number of thiazole rings is 1. The predicted octanol–water partition coefficient (Wildman–Crippen LogP) is 3.18. The van der Waals surface area contributed by atoms with Crippen molar-refractivity contribution in [2.75, 3.05) is 31.1 Å². The molecule has 5 nitrogen and oxygen atoms in total. The predicted molar refractivity (Wildman–Crippen MR) is 98.7 cm³/mol. The van der Waals surface area contributed by atoms with Crippen LogP contribution in [0.3, 0.4) is 0 Å². The van der Waals surface area contributed by atoms with Crippen molar-refractivity contribution >= 4 is 23.1 Å². The Morgan fingerprint density at radius 2 is 1.96 bits per heavy atom. The third-order valence-electron chi connectivity index (χ3n) is 4.37. The Balaban J connectivity index is 1.52. The van der Waals surface area contributed by atoms with Gasteiger partial charge in [0.15, 0.2) is 0 Å². The van der Waals surface area contributed by atoms with E-state index in [1.54, 1.807) is 11.3 Å². The number of nitrogens with one attached hydrogen (secondary N) is 1. The lowest BCUT2D eigenvalue weighted by molar-refractivity contribution is 0.201. The van der Waals surface area contributed by atoms with Crippen LogP contribution in [-0.4, -0.2) is 42.1 Å². The SMILES string of the molecule is Cc1nc(CNC(=O)N2CCCN(c3ccccc3)CC2)sc1C. The van der Waals surface area contributed by atoms with Crippen LogP contribution in [0, 0.1) is 13.8 Å². The van der Waals surface area contributed by atoms with Crippen molar-refractivity contribution < 1.29 is 4.79 Å². The van der Waals surface area contributed by atoms with Crippen molar-refractivity contribution in [2.45, 2.75) is 26.8 Å². The highest BCUT2D eigenvalue weighted by molar-refractivity contribution is 7.11. The number of hydrogen-bond acceptors (Lipinski definition) is 4. The zero-order valence-corrected chi connectivity index (χ0v) is 15.1. The minimum atomic E-state index is 0.00965. The van der Waals surface area contributed by atoms with Crippen LogP contribution in [0.5, 0.6) is 0 Å². The summed E-state index contributed by atoms with van der Waals surface area (Å²) in [5, 5.41) is 3.98. The molecule has 0 spiro atoms. The number of benzene rings is 1. The van der Waals surface area contributed by atoms with Crippen molar-refractivity contribution in [2.24, 2.45) is 0 Å². The zero-order valence-electron chi connectivity index (χ0n) is 14.3. The zero-order chi connectivity index (χ0) is 16.9. The topological polar surface area (TPSA) is 48.5 Å². The molecule has 2 aromatic rings. The monoisotopic (exact) mass is 344 g/mol. The Labute approximate surface area is 147 Å². The third kappa shape index (κ3) is 4.06. The van der Waals surface area contributed by atoms with E-state index in [-0.39, 0.29) is 6.03 Å². The lowest BCUT2D eigenvalue weighted by Gasteiger charge is -2.23. The number of carbonyl (C=O) groups is 1. The Morgan fingerprint density at radius 3 is 2.67 bits per heavy atom. The maximum absolute atomic E-state index is 12.4. The summed E-state index contributed by atoms with van der Waals surface area (Å²) in [4.78, 5) is 22.4. The van der Waals surface area contributed by atoms with E-state index >= 15 is 0 Å². The van der Waals surface area contributed by atoms with Gasteiger partial charge in [-0.25, -0.2) is 9.78 Å². The number of hydrogen-bond donors (Lipinski definition) is 1. The Bertz CT molecular complexity index is 666. The summed E-state index contributed by atoms with van der Waals surface area (Å²) in [6.07, 6.45) is 0.984. The molecule has 0 aliphatic carbocycles.